The summed E-state index contributed by atoms with van der Waals surface area (Å²) < 4.78 is 21.4. The van der Waals surface area contributed by atoms with Crippen molar-refractivity contribution < 1.29 is 8.42 Å². The van der Waals surface area contributed by atoms with Crippen LogP contribution in [0.3, 0.4) is 0 Å². The number of nitrogens with two attached hydrogens (primary N) is 1. The summed E-state index contributed by atoms with van der Waals surface area (Å²) in [6.45, 7) is 2.03. The average Bonchev–Trinajstić information content (AvgIpc) is 2.32. The Labute approximate surface area is 76.3 Å². The molecule has 0 spiro atoms. The van der Waals surface area contributed by atoms with Crippen LogP contribution in [0.25, 0.3) is 0 Å². The van der Waals surface area contributed by atoms with E-state index in [0.717, 1.165) is 11.3 Å². The lowest BCUT2D eigenvalue weighted by Gasteiger charge is -1.92. The van der Waals surface area contributed by atoms with E-state index < -0.39 is 10.0 Å². The van der Waals surface area contributed by atoms with Crippen LogP contribution in [-0.2, 0) is 22.2 Å². The van der Waals surface area contributed by atoms with Crippen LogP contribution in [0.15, 0.2) is 12.1 Å². The lowest BCUT2D eigenvalue weighted by atomic mass is 10.4. The SMILES string of the molecule is CCc1ccc(CS(N)(=O)=O)s1. The smallest absolute Gasteiger partial charge is 0.214 e. The van der Waals surface area contributed by atoms with E-state index >= 15 is 0 Å². The molecule has 5 heteroatoms. The molecule has 0 saturated carbocycles. The molecule has 0 fully saturated rings. The number of hydrogen-bond donors (Lipinski definition) is 1. The highest BCUT2D eigenvalue weighted by molar-refractivity contribution is 7.88. The largest absolute Gasteiger partial charge is 0.228 e. The molecule has 0 radical (unpaired) electrons. The molecular formula is C7H11NO2S2. The third kappa shape index (κ3) is 2.92. The van der Waals surface area contributed by atoms with Crippen molar-refractivity contribution in [1.82, 2.24) is 0 Å². The first-order valence-corrected chi connectivity index (χ1v) is 6.12. The summed E-state index contributed by atoms with van der Waals surface area (Å²) in [5.74, 6) is -0.0440. The van der Waals surface area contributed by atoms with Gasteiger partial charge >= 0.3 is 0 Å². The lowest BCUT2D eigenvalue weighted by molar-refractivity contribution is 0.597. The van der Waals surface area contributed by atoms with Crippen molar-refractivity contribution in [2.75, 3.05) is 0 Å². The first-order valence-electron chi connectivity index (χ1n) is 3.59. The number of thiophene rings is 1. The van der Waals surface area contributed by atoms with Crippen LogP contribution in [0, 0.1) is 0 Å². The van der Waals surface area contributed by atoms with E-state index in [4.69, 9.17) is 5.14 Å². The Morgan fingerprint density at radius 1 is 1.42 bits per heavy atom. The Kier molecular flexibility index (Phi) is 2.87. The minimum Gasteiger partial charge on any atom is -0.228 e. The number of sulfonamides is 1. The van der Waals surface area contributed by atoms with E-state index in [0.29, 0.717) is 0 Å². The average molecular weight is 205 g/mol. The molecule has 0 saturated heterocycles. The van der Waals surface area contributed by atoms with Gasteiger partial charge in [0, 0.05) is 9.75 Å². The van der Waals surface area contributed by atoms with Crippen molar-refractivity contribution in [2.24, 2.45) is 5.14 Å². The Morgan fingerprint density at radius 3 is 2.42 bits per heavy atom. The Hall–Kier alpha value is -0.390. The van der Waals surface area contributed by atoms with Crippen LogP contribution in [0.1, 0.15) is 16.7 Å². The topological polar surface area (TPSA) is 60.2 Å². The van der Waals surface area contributed by atoms with Crippen LogP contribution in [0.4, 0.5) is 0 Å². The molecule has 1 aromatic rings. The van der Waals surface area contributed by atoms with Gasteiger partial charge in [-0.15, -0.1) is 11.3 Å². The summed E-state index contributed by atoms with van der Waals surface area (Å²) in [7, 11) is -3.36. The van der Waals surface area contributed by atoms with E-state index in [1.54, 1.807) is 0 Å². The van der Waals surface area contributed by atoms with Gasteiger partial charge in [0.15, 0.2) is 0 Å². The van der Waals surface area contributed by atoms with E-state index in [2.05, 4.69) is 0 Å². The van der Waals surface area contributed by atoms with E-state index in [-0.39, 0.29) is 5.75 Å². The van der Waals surface area contributed by atoms with Crippen molar-refractivity contribution in [3.8, 4) is 0 Å². The summed E-state index contributed by atoms with van der Waals surface area (Å²) in [6, 6.07) is 3.75. The number of rotatable bonds is 3. The van der Waals surface area contributed by atoms with Crippen molar-refractivity contribution >= 4 is 21.4 Å². The second-order valence-electron chi connectivity index (χ2n) is 2.53. The third-order valence-corrected chi connectivity index (χ3v) is 3.53. The minimum atomic E-state index is -3.36. The number of aryl methyl sites for hydroxylation is 1. The van der Waals surface area contributed by atoms with Crippen LogP contribution in [0.5, 0.6) is 0 Å². The minimum absolute atomic E-state index is 0.0440. The maximum Gasteiger partial charge on any atom is 0.214 e. The zero-order valence-corrected chi connectivity index (χ0v) is 8.41. The fraction of sp³-hybridized carbons (Fsp3) is 0.429. The maximum atomic E-state index is 10.7. The van der Waals surface area contributed by atoms with Crippen LogP contribution < -0.4 is 5.14 Å². The maximum absolute atomic E-state index is 10.7. The molecule has 1 rings (SSSR count). The van der Waals surface area contributed by atoms with Gasteiger partial charge in [-0.05, 0) is 18.6 Å². The second-order valence-corrected chi connectivity index (χ2v) is 5.40. The Bertz CT molecular complexity index is 353. The lowest BCUT2D eigenvalue weighted by Crippen LogP contribution is -2.13. The monoisotopic (exact) mass is 205 g/mol. The predicted octanol–water partition coefficient (Wildman–Crippen LogP) is 1.10. The molecule has 68 valence electrons. The van der Waals surface area contributed by atoms with Gasteiger partial charge in [0.25, 0.3) is 0 Å². The van der Waals surface area contributed by atoms with Crippen LogP contribution in [-0.4, -0.2) is 8.42 Å². The molecule has 0 amide bonds. The third-order valence-electron chi connectivity index (χ3n) is 1.41. The van der Waals surface area contributed by atoms with Gasteiger partial charge < -0.3 is 0 Å². The molecule has 0 atom stereocenters. The Morgan fingerprint density at radius 2 is 2.00 bits per heavy atom. The van der Waals surface area contributed by atoms with E-state index in [1.807, 2.05) is 19.1 Å². The molecule has 1 aromatic heterocycles. The highest BCUT2D eigenvalue weighted by Gasteiger charge is 2.06. The second kappa shape index (κ2) is 3.55. The summed E-state index contributed by atoms with van der Waals surface area (Å²) in [6.07, 6.45) is 0.940. The molecule has 2 N–H and O–H groups in total. The molecule has 0 unspecified atom stereocenters. The fourth-order valence-electron chi connectivity index (χ4n) is 0.888. The number of primary sulfonamides is 1. The van der Waals surface area contributed by atoms with Crippen molar-refractivity contribution in [3.63, 3.8) is 0 Å². The van der Waals surface area contributed by atoms with E-state index in [1.165, 1.54) is 16.2 Å². The van der Waals surface area contributed by atoms with Gasteiger partial charge in [0.1, 0.15) is 0 Å². The van der Waals surface area contributed by atoms with Gasteiger partial charge in [0.05, 0.1) is 5.75 Å². The number of hydrogen-bond acceptors (Lipinski definition) is 3. The van der Waals surface area contributed by atoms with Crippen molar-refractivity contribution in [2.45, 2.75) is 19.1 Å². The fourth-order valence-corrected chi connectivity index (χ4v) is 2.86. The normalized spacial score (nSPS) is 11.8. The van der Waals surface area contributed by atoms with Crippen molar-refractivity contribution in [3.05, 3.63) is 21.9 Å². The quantitative estimate of drug-likeness (QED) is 0.803. The molecule has 0 aliphatic rings. The molecule has 3 nitrogen and oxygen atoms in total. The van der Waals surface area contributed by atoms with Crippen LogP contribution in [0.2, 0.25) is 0 Å². The highest BCUT2D eigenvalue weighted by Crippen LogP contribution is 2.18. The molecule has 0 aromatic carbocycles. The van der Waals surface area contributed by atoms with E-state index in [9.17, 15) is 8.42 Å². The first kappa shape index (κ1) is 9.70. The summed E-state index contributed by atoms with van der Waals surface area (Å²) in [4.78, 5) is 2.00. The molecule has 0 bridgehead atoms. The van der Waals surface area contributed by atoms with Gasteiger partial charge in [-0.1, -0.05) is 6.92 Å². The van der Waals surface area contributed by atoms with Crippen molar-refractivity contribution in [1.29, 1.82) is 0 Å². The van der Waals surface area contributed by atoms with Gasteiger partial charge in [0.2, 0.25) is 10.0 Å². The standard InChI is InChI=1S/C7H11NO2S2/c1-2-6-3-4-7(11-6)5-12(8,9)10/h3-4H,2,5H2,1H3,(H2,8,9,10). The van der Waals surface area contributed by atoms with Crippen LogP contribution >= 0.6 is 11.3 Å². The molecule has 0 aliphatic carbocycles. The molecule has 12 heavy (non-hydrogen) atoms. The zero-order valence-electron chi connectivity index (χ0n) is 6.78. The summed E-state index contributed by atoms with van der Waals surface area (Å²) in [5, 5.41) is 4.90. The molecular weight excluding hydrogens is 194 g/mol. The Balaban J connectivity index is 2.78. The summed E-state index contributed by atoms with van der Waals surface area (Å²) >= 11 is 1.50. The zero-order chi connectivity index (χ0) is 9.19. The highest BCUT2D eigenvalue weighted by atomic mass is 32.2. The van der Waals surface area contributed by atoms with Gasteiger partial charge in [-0.25, -0.2) is 13.6 Å². The first-order chi connectivity index (χ1) is 5.51. The molecule has 1 heterocycles. The molecule has 0 aliphatic heterocycles. The summed E-state index contributed by atoms with van der Waals surface area (Å²) in [5.41, 5.74) is 0. The van der Waals surface area contributed by atoms with Gasteiger partial charge in [-0.3, -0.25) is 0 Å². The van der Waals surface area contributed by atoms with Gasteiger partial charge in [-0.2, -0.15) is 0 Å². The predicted molar refractivity (Wildman–Crippen MR) is 50.5 cm³/mol.